The number of amides is 1. The molecular formula is C14H24N4O. The third kappa shape index (κ3) is 3.50. The van der Waals surface area contributed by atoms with Gasteiger partial charge in [-0.2, -0.15) is 0 Å². The van der Waals surface area contributed by atoms with Crippen molar-refractivity contribution in [1.82, 2.24) is 14.8 Å². The number of aryl methyl sites for hydroxylation is 1. The minimum Gasteiger partial charge on any atom is -0.397 e. The molecule has 2 heterocycles. The van der Waals surface area contributed by atoms with Crippen LogP contribution >= 0.6 is 0 Å². The zero-order valence-corrected chi connectivity index (χ0v) is 11.9. The van der Waals surface area contributed by atoms with Gasteiger partial charge < -0.3 is 20.5 Å². The lowest BCUT2D eigenvalue weighted by atomic mass is 10.1. The van der Waals surface area contributed by atoms with E-state index in [2.05, 4.69) is 24.2 Å². The highest BCUT2D eigenvalue weighted by atomic mass is 16.2. The molecule has 2 rings (SSSR count). The summed E-state index contributed by atoms with van der Waals surface area (Å²) >= 11 is 0. The van der Waals surface area contributed by atoms with Gasteiger partial charge in [-0.05, 0) is 38.9 Å². The number of nitrogens with two attached hydrogens (primary N) is 1. The zero-order valence-electron chi connectivity index (χ0n) is 11.9. The van der Waals surface area contributed by atoms with E-state index >= 15 is 0 Å². The summed E-state index contributed by atoms with van der Waals surface area (Å²) in [5, 5.41) is 3.12. The summed E-state index contributed by atoms with van der Waals surface area (Å²) in [7, 11) is 2.09. The third-order valence-corrected chi connectivity index (χ3v) is 3.57. The molecule has 0 aliphatic carbocycles. The van der Waals surface area contributed by atoms with Gasteiger partial charge in [-0.15, -0.1) is 0 Å². The first kappa shape index (κ1) is 13.9. The molecule has 1 saturated heterocycles. The summed E-state index contributed by atoms with van der Waals surface area (Å²) in [6.07, 6.45) is 5.02. The molecule has 106 valence electrons. The van der Waals surface area contributed by atoms with Crippen molar-refractivity contribution < 1.29 is 4.79 Å². The standard InChI is InChI=1S/C14H24N4O/c1-3-6-18-9-11(15)8-13(18)14(19)16-12-5-4-7-17(2)10-12/h8-9,12H,3-7,10,15H2,1-2H3,(H,16,19). The Kier molecular flexibility index (Phi) is 4.47. The van der Waals surface area contributed by atoms with Crippen molar-refractivity contribution in [3.05, 3.63) is 18.0 Å². The molecule has 1 aliphatic heterocycles. The number of carbonyl (C=O) groups is 1. The van der Waals surface area contributed by atoms with E-state index in [0.717, 1.165) is 38.9 Å². The van der Waals surface area contributed by atoms with Gasteiger partial charge in [0, 0.05) is 25.3 Å². The van der Waals surface area contributed by atoms with E-state index < -0.39 is 0 Å². The van der Waals surface area contributed by atoms with Crippen LogP contribution in [0.1, 0.15) is 36.7 Å². The maximum absolute atomic E-state index is 12.3. The van der Waals surface area contributed by atoms with Crippen LogP contribution in [0.15, 0.2) is 12.3 Å². The number of aromatic nitrogens is 1. The molecule has 1 aromatic rings. The van der Waals surface area contributed by atoms with Crippen LogP contribution < -0.4 is 11.1 Å². The summed E-state index contributed by atoms with van der Waals surface area (Å²) < 4.78 is 1.94. The molecule has 19 heavy (non-hydrogen) atoms. The van der Waals surface area contributed by atoms with Crippen LogP contribution in [0, 0.1) is 0 Å². The molecule has 0 bridgehead atoms. The minimum atomic E-state index is -0.00884. The third-order valence-electron chi connectivity index (χ3n) is 3.57. The Bertz CT molecular complexity index is 441. The Morgan fingerprint density at radius 2 is 2.37 bits per heavy atom. The smallest absolute Gasteiger partial charge is 0.268 e. The van der Waals surface area contributed by atoms with Gasteiger partial charge in [0.2, 0.25) is 0 Å². The van der Waals surface area contributed by atoms with Gasteiger partial charge in [-0.25, -0.2) is 0 Å². The number of hydrogen-bond acceptors (Lipinski definition) is 3. The molecule has 1 fully saturated rings. The molecule has 0 spiro atoms. The fraction of sp³-hybridized carbons (Fsp3) is 0.643. The summed E-state index contributed by atoms with van der Waals surface area (Å²) in [4.78, 5) is 14.6. The second-order valence-electron chi connectivity index (χ2n) is 5.43. The minimum absolute atomic E-state index is 0.00884. The molecule has 1 aromatic heterocycles. The molecule has 5 heteroatoms. The number of hydrogen-bond donors (Lipinski definition) is 2. The maximum atomic E-state index is 12.3. The van der Waals surface area contributed by atoms with Crippen molar-refractivity contribution in [2.24, 2.45) is 0 Å². The predicted octanol–water partition coefficient (Wildman–Crippen LogP) is 1.30. The molecule has 3 N–H and O–H groups in total. The van der Waals surface area contributed by atoms with Crippen molar-refractivity contribution in [2.45, 2.75) is 38.8 Å². The summed E-state index contributed by atoms with van der Waals surface area (Å²) in [6.45, 7) is 4.96. The topological polar surface area (TPSA) is 63.3 Å². The van der Waals surface area contributed by atoms with E-state index in [0.29, 0.717) is 11.4 Å². The average molecular weight is 264 g/mol. The van der Waals surface area contributed by atoms with Gasteiger partial charge in [-0.1, -0.05) is 6.92 Å². The van der Waals surface area contributed by atoms with Crippen molar-refractivity contribution >= 4 is 11.6 Å². The van der Waals surface area contributed by atoms with Gasteiger partial charge in [0.15, 0.2) is 0 Å². The largest absolute Gasteiger partial charge is 0.397 e. The number of piperidine rings is 1. The molecule has 0 radical (unpaired) electrons. The van der Waals surface area contributed by atoms with Crippen molar-refractivity contribution in [3.63, 3.8) is 0 Å². The summed E-state index contributed by atoms with van der Waals surface area (Å²) in [5.41, 5.74) is 7.12. The first-order valence-electron chi connectivity index (χ1n) is 7.05. The maximum Gasteiger partial charge on any atom is 0.268 e. The number of nitrogens with one attached hydrogen (secondary N) is 1. The Labute approximate surface area is 114 Å². The van der Waals surface area contributed by atoms with Crippen LogP contribution in [0.4, 0.5) is 5.69 Å². The number of likely N-dealkylation sites (N-methyl/N-ethyl adjacent to an activating group) is 1. The average Bonchev–Trinajstić information content (AvgIpc) is 2.71. The summed E-state index contributed by atoms with van der Waals surface area (Å²) in [5.74, 6) is -0.00884. The van der Waals surface area contributed by atoms with Crippen LogP contribution in [0.25, 0.3) is 0 Å². The molecule has 1 atom stereocenters. The number of nitrogen functional groups attached to an aromatic ring is 1. The lowest BCUT2D eigenvalue weighted by molar-refractivity contribution is 0.0903. The van der Waals surface area contributed by atoms with Gasteiger partial charge >= 0.3 is 0 Å². The molecular weight excluding hydrogens is 240 g/mol. The molecule has 0 aromatic carbocycles. The van der Waals surface area contributed by atoms with Crippen LogP contribution in [0.3, 0.4) is 0 Å². The lowest BCUT2D eigenvalue weighted by Crippen LogP contribution is -2.46. The highest BCUT2D eigenvalue weighted by Gasteiger charge is 2.21. The molecule has 0 saturated carbocycles. The highest BCUT2D eigenvalue weighted by Crippen LogP contribution is 2.13. The Morgan fingerprint density at radius 3 is 3.05 bits per heavy atom. The predicted molar refractivity (Wildman–Crippen MR) is 77.1 cm³/mol. The highest BCUT2D eigenvalue weighted by molar-refractivity contribution is 5.94. The van der Waals surface area contributed by atoms with E-state index in [1.54, 1.807) is 6.07 Å². The SMILES string of the molecule is CCCn1cc(N)cc1C(=O)NC1CCCN(C)C1. The van der Waals surface area contributed by atoms with Gasteiger partial charge in [-0.3, -0.25) is 4.79 Å². The van der Waals surface area contributed by atoms with E-state index in [9.17, 15) is 4.79 Å². The quantitative estimate of drug-likeness (QED) is 0.861. The Balaban J connectivity index is 2.02. The fourth-order valence-corrected chi connectivity index (χ4v) is 2.69. The van der Waals surface area contributed by atoms with Crippen LogP contribution in [-0.2, 0) is 6.54 Å². The second-order valence-corrected chi connectivity index (χ2v) is 5.43. The number of nitrogens with zero attached hydrogens (tertiary/aromatic N) is 2. The second kappa shape index (κ2) is 6.10. The number of rotatable bonds is 4. The van der Waals surface area contributed by atoms with E-state index in [-0.39, 0.29) is 11.9 Å². The summed E-state index contributed by atoms with van der Waals surface area (Å²) in [6, 6.07) is 2.01. The van der Waals surface area contributed by atoms with Gasteiger partial charge in [0.25, 0.3) is 5.91 Å². The number of carbonyl (C=O) groups excluding carboxylic acids is 1. The lowest BCUT2D eigenvalue weighted by Gasteiger charge is -2.30. The van der Waals surface area contributed by atoms with Crippen LogP contribution in [0.2, 0.25) is 0 Å². The van der Waals surface area contributed by atoms with Gasteiger partial charge in [0.1, 0.15) is 5.69 Å². The molecule has 1 aliphatic rings. The molecule has 1 amide bonds. The first-order valence-corrected chi connectivity index (χ1v) is 7.05. The zero-order chi connectivity index (χ0) is 13.8. The van der Waals surface area contributed by atoms with Gasteiger partial charge in [0.05, 0.1) is 5.69 Å². The van der Waals surface area contributed by atoms with E-state index in [1.165, 1.54) is 0 Å². The van der Waals surface area contributed by atoms with Crippen molar-refractivity contribution in [2.75, 3.05) is 25.9 Å². The normalized spacial score (nSPS) is 20.4. The van der Waals surface area contributed by atoms with Crippen LogP contribution in [0.5, 0.6) is 0 Å². The van der Waals surface area contributed by atoms with Crippen LogP contribution in [-0.4, -0.2) is 41.6 Å². The monoisotopic (exact) mass is 264 g/mol. The van der Waals surface area contributed by atoms with Crippen molar-refractivity contribution in [1.29, 1.82) is 0 Å². The number of likely N-dealkylation sites (tertiary alicyclic amines) is 1. The van der Waals surface area contributed by atoms with Crippen molar-refractivity contribution in [3.8, 4) is 0 Å². The Hall–Kier alpha value is -1.49. The van der Waals surface area contributed by atoms with E-state index in [4.69, 9.17) is 5.73 Å². The molecule has 5 nitrogen and oxygen atoms in total. The number of anilines is 1. The first-order chi connectivity index (χ1) is 9.10. The Morgan fingerprint density at radius 1 is 1.58 bits per heavy atom. The van der Waals surface area contributed by atoms with E-state index in [1.807, 2.05) is 10.8 Å². The molecule has 1 unspecified atom stereocenters. The fourth-order valence-electron chi connectivity index (χ4n) is 2.69.